The summed E-state index contributed by atoms with van der Waals surface area (Å²) in [6.45, 7) is 0. The van der Waals surface area contributed by atoms with Gasteiger partial charge >= 0.3 is 6.18 Å². The van der Waals surface area contributed by atoms with Crippen LogP contribution >= 0.6 is 27.5 Å². The molecule has 108 valence electrons. The molecular formula is C14H7BrClF3N2. The van der Waals surface area contributed by atoms with Crippen LogP contribution in [0.1, 0.15) is 11.1 Å². The minimum atomic E-state index is -4.55. The van der Waals surface area contributed by atoms with Crippen molar-refractivity contribution in [2.45, 2.75) is 6.18 Å². The van der Waals surface area contributed by atoms with Crippen LogP contribution in [0.25, 0.3) is 0 Å². The molecule has 0 aromatic heterocycles. The number of anilines is 2. The van der Waals surface area contributed by atoms with Crippen LogP contribution in [0, 0.1) is 11.3 Å². The fourth-order valence-corrected chi connectivity index (χ4v) is 2.13. The summed E-state index contributed by atoms with van der Waals surface area (Å²) in [7, 11) is 0. The van der Waals surface area contributed by atoms with Gasteiger partial charge in [-0.15, -0.1) is 0 Å². The highest BCUT2D eigenvalue weighted by atomic mass is 79.9. The van der Waals surface area contributed by atoms with Crippen LogP contribution in [0.5, 0.6) is 0 Å². The van der Waals surface area contributed by atoms with E-state index in [9.17, 15) is 13.2 Å². The van der Waals surface area contributed by atoms with Crippen LogP contribution < -0.4 is 5.32 Å². The Balaban J connectivity index is 2.34. The molecule has 0 aliphatic heterocycles. The van der Waals surface area contributed by atoms with Crippen molar-refractivity contribution in [1.29, 1.82) is 5.26 Å². The van der Waals surface area contributed by atoms with Crippen LogP contribution in [-0.4, -0.2) is 0 Å². The van der Waals surface area contributed by atoms with Crippen molar-refractivity contribution in [3.8, 4) is 6.07 Å². The second-order valence-electron chi connectivity index (χ2n) is 4.12. The van der Waals surface area contributed by atoms with Crippen LogP contribution in [0.15, 0.2) is 40.9 Å². The maximum Gasteiger partial charge on any atom is 0.417 e. The van der Waals surface area contributed by atoms with E-state index >= 15 is 0 Å². The first-order chi connectivity index (χ1) is 9.81. The lowest BCUT2D eigenvalue weighted by Gasteiger charge is -2.12. The first kappa shape index (κ1) is 15.7. The minimum Gasteiger partial charge on any atom is -0.355 e. The number of nitrogens with zero attached hydrogens (tertiary/aromatic N) is 1. The van der Waals surface area contributed by atoms with Crippen molar-refractivity contribution in [3.63, 3.8) is 0 Å². The van der Waals surface area contributed by atoms with Crippen LogP contribution in [0.4, 0.5) is 24.5 Å². The number of benzene rings is 2. The van der Waals surface area contributed by atoms with E-state index in [1.807, 2.05) is 0 Å². The Morgan fingerprint density at radius 3 is 2.29 bits per heavy atom. The Kier molecular flexibility index (Phi) is 4.45. The van der Waals surface area contributed by atoms with Crippen molar-refractivity contribution in [3.05, 3.63) is 57.0 Å². The molecule has 21 heavy (non-hydrogen) atoms. The molecule has 0 saturated heterocycles. The zero-order valence-electron chi connectivity index (χ0n) is 10.3. The lowest BCUT2D eigenvalue weighted by atomic mass is 10.1. The number of alkyl halides is 3. The molecule has 0 aliphatic rings. The number of rotatable bonds is 2. The SMILES string of the molecule is N#Cc1cc(Nc2ccc(Br)c(Cl)c2)ccc1C(F)(F)F. The Hall–Kier alpha value is -1.71. The van der Waals surface area contributed by atoms with E-state index in [-0.39, 0.29) is 0 Å². The topological polar surface area (TPSA) is 35.8 Å². The molecule has 0 aliphatic carbocycles. The third-order valence-electron chi connectivity index (χ3n) is 2.65. The van der Waals surface area contributed by atoms with Gasteiger partial charge in [-0.05, 0) is 52.3 Å². The molecule has 0 heterocycles. The Bertz CT molecular complexity index is 723. The molecule has 0 bridgehead atoms. The quantitative estimate of drug-likeness (QED) is 0.727. The predicted octanol–water partition coefficient (Wildman–Crippen LogP) is 5.74. The summed E-state index contributed by atoms with van der Waals surface area (Å²) in [5.41, 5.74) is -0.412. The maximum absolute atomic E-state index is 12.7. The minimum absolute atomic E-state index is 0.373. The fourth-order valence-electron chi connectivity index (χ4n) is 1.70. The first-order valence-corrected chi connectivity index (χ1v) is 6.82. The van der Waals surface area contributed by atoms with Gasteiger partial charge in [0.15, 0.2) is 0 Å². The molecule has 0 spiro atoms. The zero-order valence-corrected chi connectivity index (χ0v) is 12.6. The number of nitrogens with one attached hydrogen (secondary N) is 1. The van der Waals surface area contributed by atoms with Crippen LogP contribution in [0.2, 0.25) is 5.02 Å². The van der Waals surface area contributed by atoms with Gasteiger partial charge in [0.1, 0.15) is 0 Å². The monoisotopic (exact) mass is 374 g/mol. The van der Waals surface area contributed by atoms with Gasteiger partial charge in [0, 0.05) is 15.8 Å². The average Bonchev–Trinajstić information content (AvgIpc) is 2.41. The van der Waals surface area contributed by atoms with E-state index in [4.69, 9.17) is 16.9 Å². The van der Waals surface area contributed by atoms with E-state index in [1.54, 1.807) is 24.3 Å². The number of nitriles is 1. The van der Waals surface area contributed by atoms with Crippen molar-refractivity contribution in [2.75, 3.05) is 5.32 Å². The molecule has 0 unspecified atom stereocenters. The second kappa shape index (κ2) is 5.96. The van der Waals surface area contributed by atoms with E-state index in [1.165, 1.54) is 6.07 Å². The summed E-state index contributed by atoms with van der Waals surface area (Å²) < 4.78 is 38.8. The molecule has 0 saturated carbocycles. The highest BCUT2D eigenvalue weighted by Gasteiger charge is 2.33. The molecule has 7 heteroatoms. The van der Waals surface area contributed by atoms with Crippen LogP contribution in [0.3, 0.4) is 0 Å². The standard InChI is InChI=1S/C14H7BrClF3N2/c15-12-4-2-10(6-13(12)16)21-9-1-3-11(14(17,18)19)8(5-9)7-20/h1-6,21H. The molecule has 0 radical (unpaired) electrons. The van der Waals surface area contributed by atoms with E-state index < -0.39 is 17.3 Å². The third-order valence-corrected chi connectivity index (χ3v) is 3.89. The summed E-state index contributed by atoms with van der Waals surface area (Å²) in [6, 6.07) is 9.88. The Morgan fingerprint density at radius 2 is 1.71 bits per heavy atom. The highest BCUT2D eigenvalue weighted by Crippen LogP contribution is 2.34. The van der Waals surface area contributed by atoms with Gasteiger partial charge in [-0.2, -0.15) is 18.4 Å². The summed E-state index contributed by atoms with van der Waals surface area (Å²) in [4.78, 5) is 0. The average molecular weight is 376 g/mol. The maximum atomic E-state index is 12.7. The molecule has 2 rings (SSSR count). The third kappa shape index (κ3) is 3.69. The van der Waals surface area contributed by atoms with Gasteiger partial charge in [-0.3, -0.25) is 0 Å². The predicted molar refractivity (Wildman–Crippen MR) is 78.6 cm³/mol. The lowest BCUT2D eigenvalue weighted by molar-refractivity contribution is -0.137. The summed E-state index contributed by atoms with van der Waals surface area (Å²) in [5, 5.41) is 12.2. The molecule has 2 aromatic carbocycles. The molecule has 0 atom stereocenters. The Morgan fingerprint density at radius 1 is 1.10 bits per heavy atom. The van der Waals surface area contributed by atoms with Gasteiger partial charge in [-0.25, -0.2) is 0 Å². The van der Waals surface area contributed by atoms with Crippen molar-refractivity contribution < 1.29 is 13.2 Å². The van der Waals surface area contributed by atoms with E-state index in [0.29, 0.717) is 20.9 Å². The van der Waals surface area contributed by atoms with Gasteiger partial charge in [-0.1, -0.05) is 11.6 Å². The number of halogens is 5. The summed E-state index contributed by atoms with van der Waals surface area (Å²) in [6.07, 6.45) is -4.55. The lowest BCUT2D eigenvalue weighted by Crippen LogP contribution is -2.08. The molecular weight excluding hydrogens is 369 g/mol. The summed E-state index contributed by atoms with van der Waals surface area (Å²) in [5.74, 6) is 0. The molecule has 1 N–H and O–H groups in total. The zero-order chi connectivity index (χ0) is 15.6. The fraction of sp³-hybridized carbons (Fsp3) is 0.0714. The van der Waals surface area contributed by atoms with Crippen molar-refractivity contribution in [2.24, 2.45) is 0 Å². The normalized spacial score (nSPS) is 11.0. The van der Waals surface area contributed by atoms with Crippen molar-refractivity contribution in [1.82, 2.24) is 0 Å². The van der Waals surface area contributed by atoms with E-state index in [2.05, 4.69) is 21.2 Å². The molecule has 0 amide bonds. The molecule has 0 fully saturated rings. The number of hydrogen-bond acceptors (Lipinski definition) is 2. The van der Waals surface area contributed by atoms with Gasteiger partial charge in [0.25, 0.3) is 0 Å². The van der Waals surface area contributed by atoms with Gasteiger partial charge in [0.2, 0.25) is 0 Å². The molecule has 2 aromatic rings. The Labute approximate surface area is 132 Å². The molecule has 2 nitrogen and oxygen atoms in total. The number of hydrogen-bond donors (Lipinski definition) is 1. The summed E-state index contributed by atoms with van der Waals surface area (Å²) >= 11 is 9.18. The first-order valence-electron chi connectivity index (χ1n) is 5.64. The highest BCUT2D eigenvalue weighted by molar-refractivity contribution is 9.10. The van der Waals surface area contributed by atoms with Gasteiger partial charge < -0.3 is 5.32 Å². The van der Waals surface area contributed by atoms with Crippen molar-refractivity contribution >= 4 is 38.9 Å². The largest absolute Gasteiger partial charge is 0.417 e. The smallest absolute Gasteiger partial charge is 0.355 e. The van der Waals surface area contributed by atoms with E-state index in [0.717, 1.165) is 12.1 Å². The van der Waals surface area contributed by atoms with Crippen LogP contribution in [-0.2, 0) is 6.18 Å². The second-order valence-corrected chi connectivity index (χ2v) is 5.39. The van der Waals surface area contributed by atoms with Gasteiger partial charge in [0.05, 0.1) is 22.2 Å².